The molecular formula is C7H14N2O. The zero-order valence-corrected chi connectivity index (χ0v) is 6.12. The fraction of sp³-hybridized carbons (Fsp3) is 0.857. The van der Waals surface area contributed by atoms with Crippen LogP contribution in [0, 0.1) is 0 Å². The van der Waals surface area contributed by atoms with E-state index in [0.29, 0.717) is 6.04 Å². The second-order valence-electron chi connectivity index (χ2n) is 2.83. The van der Waals surface area contributed by atoms with Crippen LogP contribution >= 0.6 is 0 Å². The molecule has 0 spiro atoms. The van der Waals surface area contributed by atoms with Crippen LogP contribution in [0.2, 0.25) is 0 Å². The Morgan fingerprint density at radius 3 is 2.90 bits per heavy atom. The molecule has 1 atom stereocenters. The fourth-order valence-corrected chi connectivity index (χ4v) is 1.25. The van der Waals surface area contributed by atoms with Gasteiger partial charge in [-0.25, -0.2) is 0 Å². The summed E-state index contributed by atoms with van der Waals surface area (Å²) in [7, 11) is 0. The van der Waals surface area contributed by atoms with Gasteiger partial charge in [0.05, 0.1) is 0 Å². The summed E-state index contributed by atoms with van der Waals surface area (Å²) in [4.78, 5) is 12.1. The van der Waals surface area contributed by atoms with Crippen LogP contribution in [0.25, 0.3) is 0 Å². The van der Waals surface area contributed by atoms with Gasteiger partial charge in [0.15, 0.2) is 0 Å². The molecule has 0 aliphatic carbocycles. The van der Waals surface area contributed by atoms with E-state index < -0.39 is 0 Å². The summed E-state index contributed by atoms with van der Waals surface area (Å²) in [5.41, 5.74) is 5.71. The second-order valence-corrected chi connectivity index (χ2v) is 2.83. The van der Waals surface area contributed by atoms with E-state index in [1.165, 1.54) is 0 Å². The Balaban J connectivity index is 2.32. The summed E-state index contributed by atoms with van der Waals surface area (Å²) in [5, 5.41) is 0. The summed E-state index contributed by atoms with van der Waals surface area (Å²) in [6.07, 6.45) is 3.99. The minimum absolute atomic E-state index is 0.310. The van der Waals surface area contributed by atoms with E-state index in [1.807, 2.05) is 0 Å². The fourth-order valence-electron chi connectivity index (χ4n) is 1.25. The van der Waals surface area contributed by atoms with Gasteiger partial charge in [0.25, 0.3) is 0 Å². The maximum Gasteiger partial charge on any atom is 0.209 e. The lowest BCUT2D eigenvalue weighted by Crippen LogP contribution is -2.25. The Morgan fingerprint density at radius 1 is 1.40 bits per heavy atom. The van der Waals surface area contributed by atoms with E-state index in [0.717, 1.165) is 38.8 Å². The van der Waals surface area contributed by atoms with Crippen LogP contribution < -0.4 is 5.73 Å². The number of hydrogen-bond donors (Lipinski definition) is 1. The molecule has 1 amide bonds. The molecule has 1 aliphatic rings. The lowest BCUT2D eigenvalue weighted by molar-refractivity contribution is -0.118. The van der Waals surface area contributed by atoms with Crippen LogP contribution in [0.1, 0.15) is 19.3 Å². The maximum atomic E-state index is 10.3. The molecule has 1 fully saturated rings. The quantitative estimate of drug-likeness (QED) is 0.522. The lowest BCUT2D eigenvalue weighted by atomic mass is 10.1. The molecule has 10 heavy (non-hydrogen) atoms. The van der Waals surface area contributed by atoms with Crippen LogP contribution in [0.15, 0.2) is 0 Å². The topological polar surface area (TPSA) is 46.3 Å². The van der Waals surface area contributed by atoms with Crippen molar-refractivity contribution < 1.29 is 4.79 Å². The number of carbonyl (C=O) groups is 1. The molecular weight excluding hydrogens is 128 g/mol. The molecule has 1 saturated heterocycles. The summed E-state index contributed by atoms with van der Waals surface area (Å²) < 4.78 is 0. The first-order valence-electron chi connectivity index (χ1n) is 3.78. The van der Waals surface area contributed by atoms with Crippen LogP contribution in [0.4, 0.5) is 0 Å². The van der Waals surface area contributed by atoms with Crippen LogP contribution in [-0.2, 0) is 4.79 Å². The van der Waals surface area contributed by atoms with Gasteiger partial charge in [-0.1, -0.05) is 0 Å². The van der Waals surface area contributed by atoms with Gasteiger partial charge in [0.1, 0.15) is 0 Å². The first-order chi connectivity index (χ1) is 4.83. The number of carbonyl (C=O) groups excluding carboxylic acids is 1. The zero-order valence-electron chi connectivity index (χ0n) is 6.12. The van der Waals surface area contributed by atoms with Gasteiger partial charge in [0, 0.05) is 19.1 Å². The maximum absolute atomic E-state index is 10.3. The minimum Gasteiger partial charge on any atom is -0.345 e. The van der Waals surface area contributed by atoms with E-state index in [2.05, 4.69) is 0 Å². The molecule has 1 unspecified atom stereocenters. The Labute approximate surface area is 61.2 Å². The van der Waals surface area contributed by atoms with Crippen LogP contribution in [0.3, 0.4) is 0 Å². The second kappa shape index (κ2) is 3.56. The van der Waals surface area contributed by atoms with E-state index in [4.69, 9.17) is 5.73 Å². The predicted octanol–water partition coefficient (Wildman–Crippen LogP) is -0.0440. The van der Waals surface area contributed by atoms with E-state index >= 15 is 0 Å². The van der Waals surface area contributed by atoms with Crippen LogP contribution in [-0.4, -0.2) is 30.4 Å². The van der Waals surface area contributed by atoms with Crippen molar-refractivity contribution in [1.82, 2.24) is 4.90 Å². The van der Waals surface area contributed by atoms with Gasteiger partial charge >= 0.3 is 0 Å². The molecule has 0 radical (unpaired) electrons. The third-order valence-corrected chi connectivity index (χ3v) is 1.96. The molecule has 2 N–H and O–H groups in total. The van der Waals surface area contributed by atoms with Crippen molar-refractivity contribution in [2.75, 3.05) is 13.1 Å². The summed E-state index contributed by atoms with van der Waals surface area (Å²) in [6, 6.07) is 0.310. The predicted molar refractivity (Wildman–Crippen MR) is 39.5 cm³/mol. The molecule has 0 aromatic rings. The highest BCUT2D eigenvalue weighted by atomic mass is 16.1. The molecule has 1 aliphatic heterocycles. The molecule has 0 bridgehead atoms. The van der Waals surface area contributed by atoms with Crippen molar-refractivity contribution in [2.45, 2.75) is 25.3 Å². The molecule has 0 saturated carbocycles. The molecule has 58 valence electrons. The van der Waals surface area contributed by atoms with E-state index in [-0.39, 0.29) is 0 Å². The van der Waals surface area contributed by atoms with Gasteiger partial charge in [-0.3, -0.25) is 4.79 Å². The standard InChI is InChI=1S/C7H14N2O/c8-7-2-1-4-9(6-10)5-3-7/h6-7H,1-5,8H2. The highest BCUT2D eigenvalue weighted by Gasteiger charge is 2.11. The number of amides is 1. The SMILES string of the molecule is NC1CCCN(C=O)CC1. The van der Waals surface area contributed by atoms with Crippen molar-refractivity contribution in [1.29, 1.82) is 0 Å². The zero-order chi connectivity index (χ0) is 7.40. The van der Waals surface area contributed by atoms with Crippen molar-refractivity contribution in [3.05, 3.63) is 0 Å². The van der Waals surface area contributed by atoms with E-state index in [1.54, 1.807) is 4.90 Å². The molecule has 3 heteroatoms. The third kappa shape index (κ3) is 1.99. The number of hydrogen-bond acceptors (Lipinski definition) is 2. The molecule has 0 aromatic heterocycles. The highest BCUT2D eigenvalue weighted by molar-refractivity contribution is 5.46. The van der Waals surface area contributed by atoms with Crippen LogP contribution in [0.5, 0.6) is 0 Å². The Bertz CT molecular complexity index is 116. The number of rotatable bonds is 1. The number of likely N-dealkylation sites (tertiary alicyclic amines) is 1. The first-order valence-corrected chi connectivity index (χ1v) is 3.78. The van der Waals surface area contributed by atoms with E-state index in [9.17, 15) is 4.79 Å². The normalized spacial score (nSPS) is 27.7. The monoisotopic (exact) mass is 142 g/mol. The molecule has 3 nitrogen and oxygen atoms in total. The summed E-state index contributed by atoms with van der Waals surface area (Å²) >= 11 is 0. The average Bonchev–Trinajstić information content (AvgIpc) is 2.14. The third-order valence-electron chi connectivity index (χ3n) is 1.96. The molecule has 1 rings (SSSR count). The summed E-state index contributed by atoms with van der Waals surface area (Å²) in [5.74, 6) is 0. The number of nitrogens with two attached hydrogens (primary N) is 1. The van der Waals surface area contributed by atoms with Crippen molar-refractivity contribution in [3.8, 4) is 0 Å². The van der Waals surface area contributed by atoms with Gasteiger partial charge in [-0.15, -0.1) is 0 Å². The highest BCUT2D eigenvalue weighted by Crippen LogP contribution is 2.06. The Kier molecular flexibility index (Phi) is 2.68. The molecule has 1 heterocycles. The minimum atomic E-state index is 0.310. The average molecular weight is 142 g/mol. The number of nitrogens with zero attached hydrogens (tertiary/aromatic N) is 1. The largest absolute Gasteiger partial charge is 0.345 e. The molecule has 0 aromatic carbocycles. The first kappa shape index (κ1) is 7.54. The summed E-state index contributed by atoms with van der Waals surface area (Å²) in [6.45, 7) is 1.72. The van der Waals surface area contributed by atoms with Crippen molar-refractivity contribution in [2.24, 2.45) is 5.73 Å². The van der Waals surface area contributed by atoms with Gasteiger partial charge < -0.3 is 10.6 Å². The van der Waals surface area contributed by atoms with Gasteiger partial charge in [-0.2, -0.15) is 0 Å². The van der Waals surface area contributed by atoms with Gasteiger partial charge in [-0.05, 0) is 19.3 Å². The Hall–Kier alpha value is -0.570. The lowest BCUT2D eigenvalue weighted by Gasteiger charge is -2.12. The van der Waals surface area contributed by atoms with Crippen molar-refractivity contribution in [3.63, 3.8) is 0 Å². The van der Waals surface area contributed by atoms with Crippen molar-refractivity contribution >= 4 is 6.41 Å². The Morgan fingerprint density at radius 2 is 2.20 bits per heavy atom. The van der Waals surface area contributed by atoms with Gasteiger partial charge in [0.2, 0.25) is 6.41 Å². The smallest absolute Gasteiger partial charge is 0.209 e.